The summed E-state index contributed by atoms with van der Waals surface area (Å²) in [6, 6.07) is 0. The fourth-order valence-electron chi connectivity index (χ4n) is 0.285. The first-order valence-electron chi connectivity index (χ1n) is 3.73. The molecule has 0 heterocycles. The number of hydrogen-bond acceptors (Lipinski definition) is 2. The summed E-state index contributed by atoms with van der Waals surface area (Å²) in [6.45, 7) is 10.3. The van der Waals surface area contributed by atoms with Gasteiger partial charge >= 0.3 is 0 Å². The van der Waals surface area contributed by atoms with Crippen molar-refractivity contribution in [3.63, 3.8) is 0 Å². The van der Waals surface area contributed by atoms with Crippen LogP contribution in [0.5, 0.6) is 0 Å². The number of hydrogen-bond donors (Lipinski definition) is 2. The van der Waals surface area contributed by atoms with Crippen LogP contribution < -0.4 is 11.5 Å². The molecule has 0 aliphatic heterocycles. The van der Waals surface area contributed by atoms with E-state index in [2.05, 4.69) is 18.9 Å². The van der Waals surface area contributed by atoms with Crippen LogP contribution in [-0.4, -0.2) is 11.8 Å². The summed E-state index contributed by atoms with van der Waals surface area (Å²) in [7, 11) is 0. The second-order valence-electron chi connectivity index (χ2n) is 2.65. The SMILES string of the molecule is C=C(C(N)=O)C(C)C.C=CC(N)=O. The Labute approximate surface area is 78.3 Å². The van der Waals surface area contributed by atoms with Gasteiger partial charge in [0.2, 0.25) is 11.8 Å². The highest BCUT2D eigenvalue weighted by Crippen LogP contribution is 2.03. The molecule has 4 nitrogen and oxygen atoms in total. The van der Waals surface area contributed by atoms with E-state index in [0.29, 0.717) is 5.57 Å². The number of carbonyl (C=O) groups is 2. The first-order valence-corrected chi connectivity index (χ1v) is 3.73. The van der Waals surface area contributed by atoms with Gasteiger partial charge in [0, 0.05) is 5.57 Å². The van der Waals surface area contributed by atoms with Crippen molar-refractivity contribution in [1.29, 1.82) is 0 Å². The molecule has 13 heavy (non-hydrogen) atoms. The van der Waals surface area contributed by atoms with Gasteiger partial charge in [-0.25, -0.2) is 0 Å². The molecule has 0 saturated heterocycles. The molecule has 0 atom stereocenters. The number of primary amides is 2. The fourth-order valence-corrected chi connectivity index (χ4v) is 0.285. The summed E-state index contributed by atoms with van der Waals surface area (Å²) in [5, 5.41) is 0. The van der Waals surface area contributed by atoms with E-state index in [0.717, 1.165) is 6.08 Å². The standard InChI is InChI=1S/C6H11NO.C3H5NO/c1-4(2)5(3)6(7)8;1-2-3(4)5/h4H,3H2,1-2H3,(H2,7,8);2H,1H2,(H2,4,5). The van der Waals surface area contributed by atoms with Crippen LogP contribution in [0.4, 0.5) is 0 Å². The van der Waals surface area contributed by atoms with E-state index in [1.807, 2.05) is 13.8 Å². The maximum absolute atomic E-state index is 10.3. The summed E-state index contributed by atoms with van der Waals surface area (Å²) in [5.41, 5.74) is 9.92. The maximum Gasteiger partial charge on any atom is 0.244 e. The first-order chi connectivity index (χ1) is 5.82. The lowest BCUT2D eigenvalue weighted by Crippen LogP contribution is -2.16. The van der Waals surface area contributed by atoms with Gasteiger partial charge in [0.1, 0.15) is 0 Å². The van der Waals surface area contributed by atoms with Crippen LogP contribution in [-0.2, 0) is 9.59 Å². The molecule has 2 amide bonds. The lowest BCUT2D eigenvalue weighted by molar-refractivity contribution is -0.115. The van der Waals surface area contributed by atoms with Crippen molar-refractivity contribution < 1.29 is 9.59 Å². The third-order valence-corrected chi connectivity index (χ3v) is 1.21. The minimum Gasteiger partial charge on any atom is -0.366 e. The fraction of sp³-hybridized carbons (Fsp3) is 0.333. The molecular weight excluding hydrogens is 168 g/mol. The zero-order valence-corrected chi connectivity index (χ0v) is 8.04. The second-order valence-corrected chi connectivity index (χ2v) is 2.65. The van der Waals surface area contributed by atoms with Crippen LogP contribution in [0.25, 0.3) is 0 Å². The molecule has 0 fully saturated rings. The predicted octanol–water partition coefficient (Wildman–Crippen LogP) is 0.342. The summed E-state index contributed by atoms with van der Waals surface area (Å²) >= 11 is 0. The number of amides is 2. The third-order valence-electron chi connectivity index (χ3n) is 1.21. The van der Waals surface area contributed by atoms with Gasteiger partial charge < -0.3 is 11.5 Å². The van der Waals surface area contributed by atoms with Crippen molar-refractivity contribution in [3.05, 3.63) is 24.8 Å². The molecule has 4 heteroatoms. The molecule has 0 unspecified atom stereocenters. The van der Waals surface area contributed by atoms with Crippen LogP contribution in [0.3, 0.4) is 0 Å². The van der Waals surface area contributed by atoms with Crippen molar-refractivity contribution in [1.82, 2.24) is 0 Å². The molecule has 0 spiro atoms. The summed E-state index contributed by atoms with van der Waals surface area (Å²) in [6.07, 6.45) is 1.06. The van der Waals surface area contributed by atoms with Gasteiger partial charge in [-0.2, -0.15) is 0 Å². The van der Waals surface area contributed by atoms with E-state index >= 15 is 0 Å². The van der Waals surface area contributed by atoms with Gasteiger partial charge in [0.25, 0.3) is 0 Å². The summed E-state index contributed by atoms with van der Waals surface area (Å²) in [5.74, 6) is -0.711. The van der Waals surface area contributed by atoms with Crippen molar-refractivity contribution in [2.45, 2.75) is 13.8 Å². The highest BCUT2D eigenvalue weighted by atomic mass is 16.1. The Morgan fingerprint density at radius 3 is 1.62 bits per heavy atom. The van der Waals surface area contributed by atoms with Crippen LogP contribution >= 0.6 is 0 Å². The molecule has 0 aliphatic rings. The quantitative estimate of drug-likeness (QED) is 0.620. The third kappa shape index (κ3) is 10.4. The van der Waals surface area contributed by atoms with E-state index in [1.165, 1.54) is 0 Å². The average molecular weight is 184 g/mol. The first kappa shape index (κ1) is 14.0. The van der Waals surface area contributed by atoms with Crippen LogP contribution in [0, 0.1) is 5.92 Å². The summed E-state index contributed by atoms with van der Waals surface area (Å²) in [4.78, 5) is 19.7. The normalized spacial score (nSPS) is 8.23. The van der Waals surface area contributed by atoms with Crippen molar-refractivity contribution in [2.24, 2.45) is 17.4 Å². The van der Waals surface area contributed by atoms with Crippen molar-refractivity contribution in [2.75, 3.05) is 0 Å². The van der Waals surface area contributed by atoms with Crippen LogP contribution in [0.1, 0.15) is 13.8 Å². The highest BCUT2D eigenvalue weighted by molar-refractivity contribution is 5.91. The molecular formula is C9H16N2O2. The zero-order chi connectivity index (χ0) is 11.0. The van der Waals surface area contributed by atoms with E-state index in [1.54, 1.807) is 0 Å². The van der Waals surface area contributed by atoms with E-state index in [9.17, 15) is 9.59 Å². The lowest BCUT2D eigenvalue weighted by atomic mass is 10.1. The minimum atomic E-state index is -0.481. The Bertz CT molecular complexity index is 220. The molecule has 0 radical (unpaired) electrons. The molecule has 74 valence electrons. The Balaban J connectivity index is 0. The average Bonchev–Trinajstić information content (AvgIpc) is 2.03. The number of carbonyl (C=O) groups excluding carboxylic acids is 2. The minimum absolute atomic E-state index is 0.174. The monoisotopic (exact) mass is 184 g/mol. The Morgan fingerprint density at radius 1 is 1.31 bits per heavy atom. The van der Waals surface area contributed by atoms with E-state index in [-0.39, 0.29) is 5.92 Å². The van der Waals surface area contributed by atoms with Gasteiger partial charge in [0.15, 0.2) is 0 Å². The van der Waals surface area contributed by atoms with Crippen molar-refractivity contribution >= 4 is 11.8 Å². The van der Waals surface area contributed by atoms with Gasteiger partial charge in [-0.3, -0.25) is 9.59 Å². The van der Waals surface area contributed by atoms with Crippen LogP contribution in [0.2, 0.25) is 0 Å². The number of rotatable bonds is 3. The van der Waals surface area contributed by atoms with E-state index in [4.69, 9.17) is 5.73 Å². The number of nitrogens with two attached hydrogens (primary N) is 2. The van der Waals surface area contributed by atoms with Crippen molar-refractivity contribution in [3.8, 4) is 0 Å². The lowest BCUT2D eigenvalue weighted by Gasteiger charge is -2.01. The Hall–Kier alpha value is -1.58. The Morgan fingerprint density at radius 2 is 1.62 bits per heavy atom. The molecule has 0 aromatic rings. The van der Waals surface area contributed by atoms with Crippen LogP contribution in [0.15, 0.2) is 24.8 Å². The van der Waals surface area contributed by atoms with Gasteiger partial charge in [-0.15, -0.1) is 0 Å². The second kappa shape index (κ2) is 7.09. The molecule has 0 aromatic heterocycles. The molecule has 4 N–H and O–H groups in total. The smallest absolute Gasteiger partial charge is 0.244 e. The molecule has 0 saturated carbocycles. The predicted molar refractivity (Wildman–Crippen MR) is 52.6 cm³/mol. The topological polar surface area (TPSA) is 86.2 Å². The molecule has 0 rings (SSSR count). The van der Waals surface area contributed by atoms with E-state index < -0.39 is 11.8 Å². The summed E-state index contributed by atoms with van der Waals surface area (Å²) < 4.78 is 0. The molecule has 0 bridgehead atoms. The van der Waals surface area contributed by atoms with Gasteiger partial charge in [-0.05, 0) is 12.0 Å². The maximum atomic E-state index is 10.3. The largest absolute Gasteiger partial charge is 0.366 e. The molecule has 0 aromatic carbocycles. The van der Waals surface area contributed by atoms with Gasteiger partial charge in [0.05, 0.1) is 0 Å². The zero-order valence-electron chi connectivity index (χ0n) is 8.04. The molecule has 0 aliphatic carbocycles. The highest BCUT2D eigenvalue weighted by Gasteiger charge is 2.03. The van der Waals surface area contributed by atoms with Gasteiger partial charge in [-0.1, -0.05) is 27.0 Å². The Kier molecular flexibility index (Phi) is 7.62.